The maximum atomic E-state index is 14.2. The maximum absolute atomic E-state index is 14.2. The van der Waals surface area contributed by atoms with Crippen molar-refractivity contribution >= 4 is 0 Å². The molecule has 0 bridgehead atoms. The van der Waals surface area contributed by atoms with Gasteiger partial charge in [0.1, 0.15) is 18.5 Å². The molecule has 2 aliphatic carbocycles. The first-order valence-electron chi connectivity index (χ1n) is 7.05. The van der Waals surface area contributed by atoms with Gasteiger partial charge in [0.25, 0.3) is 0 Å². The summed E-state index contributed by atoms with van der Waals surface area (Å²) in [6.07, 6.45) is -1.49. The molecule has 7 unspecified atom stereocenters. The molecule has 2 saturated carbocycles. The Morgan fingerprint density at radius 2 is 1.78 bits per heavy atom. The Bertz CT molecular complexity index is 272. The lowest BCUT2D eigenvalue weighted by molar-refractivity contribution is -0.115. The fourth-order valence-corrected chi connectivity index (χ4v) is 3.84. The van der Waals surface area contributed by atoms with Crippen LogP contribution in [0.25, 0.3) is 0 Å². The van der Waals surface area contributed by atoms with E-state index in [1.807, 2.05) is 6.92 Å². The quantitative estimate of drug-likeness (QED) is 0.752. The first-order chi connectivity index (χ1) is 8.60. The zero-order valence-electron chi connectivity index (χ0n) is 11.1. The zero-order chi connectivity index (χ0) is 13.3. The van der Waals surface area contributed by atoms with Crippen LogP contribution in [0.4, 0.5) is 13.2 Å². The molecule has 0 aliphatic heterocycles. The van der Waals surface area contributed by atoms with Crippen molar-refractivity contribution < 1.29 is 17.9 Å². The van der Waals surface area contributed by atoms with Crippen LogP contribution in [0.5, 0.6) is 0 Å². The van der Waals surface area contributed by atoms with E-state index in [0.29, 0.717) is 19.3 Å². The van der Waals surface area contributed by atoms with Crippen LogP contribution in [0, 0.1) is 17.8 Å². The Kier molecular flexibility index (Phi) is 4.57. The Labute approximate surface area is 107 Å². The third-order valence-electron chi connectivity index (χ3n) is 4.78. The molecule has 0 amide bonds. The van der Waals surface area contributed by atoms with E-state index in [1.165, 1.54) is 7.11 Å². The van der Waals surface area contributed by atoms with Crippen molar-refractivity contribution in [3.05, 3.63) is 0 Å². The molecule has 0 N–H and O–H groups in total. The van der Waals surface area contributed by atoms with Gasteiger partial charge in [-0.3, -0.25) is 0 Å². The first kappa shape index (κ1) is 14.2. The lowest BCUT2D eigenvalue weighted by atomic mass is 9.63. The third-order valence-corrected chi connectivity index (χ3v) is 4.78. The molecule has 0 aromatic heterocycles. The van der Waals surface area contributed by atoms with Gasteiger partial charge in [0.15, 0.2) is 0 Å². The van der Waals surface area contributed by atoms with E-state index in [-0.39, 0.29) is 11.8 Å². The summed E-state index contributed by atoms with van der Waals surface area (Å²) in [6, 6.07) is 0. The average Bonchev–Trinajstić information content (AvgIpc) is 2.36. The van der Waals surface area contributed by atoms with Crippen molar-refractivity contribution in [2.75, 3.05) is 7.11 Å². The Morgan fingerprint density at radius 3 is 2.39 bits per heavy atom. The standard InChI is InChI=1S/C14H23F3O/c1-3-4-9-7-8-5-6-10(18-2)13(16)11(8)14(17)12(9)15/h8-14H,3-7H2,1-2H3. The van der Waals surface area contributed by atoms with Crippen LogP contribution in [-0.4, -0.2) is 31.7 Å². The zero-order valence-corrected chi connectivity index (χ0v) is 11.1. The van der Waals surface area contributed by atoms with Gasteiger partial charge in [0.2, 0.25) is 0 Å². The van der Waals surface area contributed by atoms with Gasteiger partial charge >= 0.3 is 0 Å². The van der Waals surface area contributed by atoms with E-state index in [1.54, 1.807) is 0 Å². The summed E-state index contributed by atoms with van der Waals surface area (Å²) >= 11 is 0. The molecule has 0 aromatic carbocycles. The second-order valence-electron chi connectivity index (χ2n) is 5.81. The van der Waals surface area contributed by atoms with Crippen LogP contribution in [0.3, 0.4) is 0 Å². The predicted molar refractivity (Wildman–Crippen MR) is 64.7 cm³/mol. The van der Waals surface area contributed by atoms with Gasteiger partial charge in [-0.25, -0.2) is 13.2 Å². The molecule has 0 heterocycles. The lowest BCUT2D eigenvalue weighted by Gasteiger charge is -2.46. The number of halogens is 3. The van der Waals surface area contributed by atoms with E-state index < -0.39 is 30.5 Å². The molecule has 1 nitrogen and oxygen atoms in total. The maximum Gasteiger partial charge on any atom is 0.137 e. The van der Waals surface area contributed by atoms with Crippen molar-refractivity contribution in [3.8, 4) is 0 Å². The van der Waals surface area contributed by atoms with Crippen molar-refractivity contribution in [1.29, 1.82) is 0 Å². The highest BCUT2D eigenvalue weighted by atomic mass is 19.2. The average molecular weight is 264 g/mol. The van der Waals surface area contributed by atoms with E-state index in [9.17, 15) is 13.2 Å². The van der Waals surface area contributed by atoms with Gasteiger partial charge in [0, 0.05) is 13.0 Å². The van der Waals surface area contributed by atoms with Gasteiger partial charge in [-0.15, -0.1) is 0 Å². The number of methoxy groups -OCH3 is 1. The first-order valence-corrected chi connectivity index (χ1v) is 7.05. The van der Waals surface area contributed by atoms with E-state index in [2.05, 4.69) is 0 Å². The SMILES string of the molecule is CCCC1CC2CCC(OC)C(F)C2C(F)C1F. The second kappa shape index (κ2) is 5.81. The van der Waals surface area contributed by atoms with Crippen LogP contribution in [0.1, 0.15) is 39.0 Å². The summed E-state index contributed by atoms with van der Waals surface area (Å²) in [5, 5.41) is 0. The summed E-state index contributed by atoms with van der Waals surface area (Å²) in [4.78, 5) is 0. The minimum Gasteiger partial charge on any atom is -0.378 e. The summed E-state index contributed by atoms with van der Waals surface area (Å²) in [6.45, 7) is 1.98. The highest BCUT2D eigenvalue weighted by Gasteiger charge is 2.52. The molecule has 2 rings (SSSR count). The highest BCUT2D eigenvalue weighted by molar-refractivity contribution is 5.00. The Balaban J connectivity index is 2.10. The summed E-state index contributed by atoms with van der Waals surface area (Å²) in [7, 11) is 1.44. The highest BCUT2D eigenvalue weighted by Crippen LogP contribution is 2.48. The molecule has 7 atom stereocenters. The minimum atomic E-state index is -1.66. The normalized spacial score (nSPS) is 48.8. The number of fused-ring (bicyclic) bond motifs is 1. The number of ether oxygens (including phenoxy) is 1. The fraction of sp³-hybridized carbons (Fsp3) is 1.00. The van der Waals surface area contributed by atoms with E-state index in [0.717, 1.165) is 12.8 Å². The van der Waals surface area contributed by atoms with Gasteiger partial charge < -0.3 is 4.74 Å². The van der Waals surface area contributed by atoms with Gasteiger partial charge in [0.05, 0.1) is 6.10 Å². The number of alkyl halides is 3. The Morgan fingerprint density at radius 1 is 1.06 bits per heavy atom. The molecule has 4 heteroatoms. The van der Waals surface area contributed by atoms with Crippen LogP contribution in [0.2, 0.25) is 0 Å². The largest absolute Gasteiger partial charge is 0.378 e. The predicted octanol–water partition coefficient (Wildman–Crippen LogP) is 3.86. The van der Waals surface area contributed by atoms with Crippen LogP contribution in [-0.2, 0) is 4.74 Å². The van der Waals surface area contributed by atoms with E-state index in [4.69, 9.17) is 4.74 Å². The summed E-state index contributed by atoms with van der Waals surface area (Å²) in [5.74, 6) is -1.03. The molecule has 0 aromatic rings. The fourth-order valence-electron chi connectivity index (χ4n) is 3.84. The van der Waals surface area contributed by atoms with Crippen LogP contribution >= 0.6 is 0 Å². The van der Waals surface area contributed by atoms with Crippen molar-refractivity contribution in [2.24, 2.45) is 17.8 Å². The number of hydrogen-bond donors (Lipinski definition) is 0. The van der Waals surface area contributed by atoms with Gasteiger partial charge in [-0.2, -0.15) is 0 Å². The van der Waals surface area contributed by atoms with Crippen molar-refractivity contribution in [3.63, 3.8) is 0 Å². The number of rotatable bonds is 3. The Hall–Kier alpha value is -0.250. The third kappa shape index (κ3) is 2.40. The van der Waals surface area contributed by atoms with Crippen LogP contribution in [0.15, 0.2) is 0 Å². The molecular weight excluding hydrogens is 241 g/mol. The topological polar surface area (TPSA) is 9.23 Å². The molecular formula is C14H23F3O. The number of hydrogen-bond acceptors (Lipinski definition) is 1. The molecule has 2 fully saturated rings. The van der Waals surface area contributed by atoms with E-state index >= 15 is 0 Å². The van der Waals surface area contributed by atoms with Crippen LogP contribution < -0.4 is 0 Å². The molecule has 0 radical (unpaired) electrons. The molecule has 106 valence electrons. The summed E-state index contributed by atoms with van der Waals surface area (Å²) in [5.41, 5.74) is 0. The second-order valence-corrected chi connectivity index (χ2v) is 5.81. The van der Waals surface area contributed by atoms with Gasteiger partial charge in [-0.1, -0.05) is 13.3 Å². The van der Waals surface area contributed by atoms with Crippen molar-refractivity contribution in [2.45, 2.75) is 63.6 Å². The van der Waals surface area contributed by atoms with Gasteiger partial charge in [-0.05, 0) is 37.5 Å². The molecule has 0 spiro atoms. The monoisotopic (exact) mass is 264 g/mol. The lowest BCUT2D eigenvalue weighted by Crippen LogP contribution is -2.53. The van der Waals surface area contributed by atoms with Crippen molar-refractivity contribution in [1.82, 2.24) is 0 Å². The molecule has 0 saturated heterocycles. The minimum absolute atomic E-state index is 0.00931. The summed E-state index contributed by atoms with van der Waals surface area (Å²) < 4.78 is 47.4. The smallest absolute Gasteiger partial charge is 0.137 e. The molecule has 18 heavy (non-hydrogen) atoms. The molecule has 2 aliphatic rings.